The Morgan fingerprint density at radius 3 is 2.52 bits per heavy atom. The van der Waals surface area contributed by atoms with Gasteiger partial charge in [-0.25, -0.2) is 4.39 Å². The van der Waals surface area contributed by atoms with Crippen LogP contribution < -0.4 is 14.5 Å². The van der Waals surface area contributed by atoms with E-state index in [0.717, 1.165) is 26.2 Å². The van der Waals surface area contributed by atoms with E-state index in [4.69, 9.17) is 11.2 Å². The second-order valence-corrected chi connectivity index (χ2v) is 7.10. The SMILES string of the molecule is C#CCN1C(=O)C2(CC2)Oc2cc(F)c(N(C)C(=O)/C=C(\N(C)C=O)C(F)(F)F)cc21. The van der Waals surface area contributed by atoms with Crippen molar-refractivity contribution >= 4 is 29.6 Å². The topological polar surface area (TPSA) is 70.2 Å². The van der Waals surface area contributed by atoms with Crippen molar-refractivity contribution in [2.45, 2.75) is 24.6 Å². The lowest BCUT2D eigenvalue weighted by Gasteiger charge is -2.34. The van der Waals surface area contributed by atoms with Crippen LogP contribution in [0.2, 0.25) is 0 Å². The molecule has 3 amide bonds. The Morgan fingerprint density at radius 2 is 2.00 bits per heavy atom. The van der Waals surface area contributed by atoms with Gasteiger partial charge in [-0.15, -0.1) is 6.42 Å². The number of hydrogen-bond acceptors (Lipinski definition) is 4. The molecule has 0 bridgehead atoms. The Hall–Kier alpha value is -3.55. The first-order chi connectivity index (χ1) is 14.4. The molecule has 0 saturated heterocycles. The van der Waals surface area contributed by atoms with Crippen LogP contribution in [0.4, 0.5) is 28.9 Å². The minimum atomic E-state index is -5.00. The minimum Gasteiger partial charge on any atom is -0.475 e. The number of likely N-dealkylation sites (N-methyl/N-ethyl adjacent to an activating group) is 1. The molecule has 1 aromatic carbocycles. The molecular formula is C20H17F4N3O4. The van der Waals surface area contributed by atoms with Crippen molar-refractivity contribution in [2.24, 2.45) is 0 Å². The summed E-state index contributed by atoms with van der Waals surface area (Å²) < 4.78 is 59.8. The van der Waals surface area contributed by atoms with Crippen molar-refractivity contribution in [3.05, 3.63) is 29.7 Å². The lowest BCUT2D eigenvalue weighted by atomic mass is 10.1. The molecule has 1 aromatic rings. The first kappa shape index (κ1) is 22.1. The summed E-state index contributed by atoms with van der Waals surface area (Å²) in [5.74, 6) is -0.237. The summed E-state index contributed by atoms with van der Waals surface area (Å²) in [5, 5.41) is 0. The van der Waals surface area contributed by atoms with Gasteiger partial charge in [0.15, 0.2) is 11.4 Å². The van der Waals surface area contributed by atoms with E-state index < -0.39 is 40.8 Å². The van der Waals surface area contributed by atoms with Crippen molar-refractivity contribution < 1.29 is 36.7 Å². The molecule has 11 heteroatoms. The van der Waals surface area contributed by atoms with E-state index in [0.29, 0.717) is 17.7 Å². The second-order valence-electron chi connectivity index (χ2n) is 7.10. The van der Waals surface area contributed by atoms with E-state index in [-0.39, 0.29) is 35.4 Å². The number of rotatable bonds is 5. The van der Waals surface area contributed by atoms with Gasteiger partial charge in [0.2, 0.25) is 6.41 Å². The number of terminal acetylenes is 1. The third kappa shape index (κ3) is 3.93. The molecule has 0 N–H and O–H groups in total. The molecule has 3 rings (SSSR count). The number of benzene rings is 1. The Morgan fingerprint density at radius 1 is 1.35 bits per heavy atom. The number of halogens is 4. The lowest BCUT2D eigenvalue weighted by Crippen LogP contribution is -2.48. The normalized spacial score (nSPS) is 16.9. The number of nitrogens with zero attached hydrogens (tertiary/aromatic N) is 3. The molecule has 1 aliphatic heterocycles. The molecule has 0 aromatic heterocycles. The molecule has 0 atom stereocenters. The number of amides is 3. The first-order valence-electron chi connectivity index (χ1n) is 8.98. The zero-order valence-electron chi connectivity index (χ0n) is 16.5. The van der Waals surface area contributed by atoms with E-state index >= 15 is 0 Å². The molecule has 31 heavy (non-hydrogen) atoms. The molecule has 2 aliphatic rings. The smallest absolute Gasteiger partial charge is 0.431 e. The Balaban J connectivity index is 2.01. The number of fused-ring (bicyclic) bond motifs is 1. The summed E-state index contributed by atoms with van der Waals surface area (Å²) in [6.07, 6.45) is 1.29. The zero-order valence-corrected chi connectivity index (χ0v) is 16.5. The number of hydrogen-bond donors (Lipinski definition) is 0. The van der Waals surface area contributed by atoms with Gasteiger partial charge in [-0.3, -0.25) is 19.3 Å². The largest absolute Gasteiger partial charge is 0.475 e. The van der Waals surface area contributed by atoms with E-state index in [2.05, 4.69) is 5.92 Å². The maximum atomic E-state index is 14.7. The lowest BCUT2D eigenvalue weighted by molar-refractivity contribution is -0.130. The molecule has 1 spiro atoms. The van der Waals surface area contributed by atoms with Crippen molar-refractivity contribution in [1.82, 2.24) is 4.90 Å². The highest BCUT2D eigenvalue weighted by atomic mass is 19.4. The summed E-state index contributed by atoms with van der Waals surface area (Å²) in [6.45, 7) is -0.137. The van der Waals surface area contributed by atoms with Gasteiger partial charge in [0.25, 0.3) is 11.8 Å². The van der Waals surface area contributed by atoms with Gasteiger partial charge in [0, 0.05) is 39.1 Å². The van der Waals surface area contributed by atoms with Crippen molar-refractivity contribution in [3.63, 3.8) is 0 Å². The molecule has 1 fully saturated rings. The minimum absolute atomic E-state index is 0.0432. The fourth-order valence-electron chi connectivity index (χ4n) is 3.14. The van der Waals surface area contributed by atoms with E-state index in [1.165, 1.54) is 4.90 Å². The second kappa shape index (κ2) is 7.61. The van der Waals surface area contributed by atoms with E-state index in [9.17, 15) is 31.9 Å². The number of alkyl halides is 3. The number of ether oxygens (including phenoxy) is 1. The maximum absolute atomic E-state index is 14.7. The third-order valence-corrected chi connectivity index (χ3v) is 4.99. The van der Waals surface area contributed by atoms with Gasteiger partial charge in [-0.2, -0.15) is 13.2 Å². The van der Waals surface area contributed by atoms with Crippen LogP contribution in [0.5, 0.6) is 5.75 Å². The monoisotopic (exact) mass is 439 g/mol. The fraction of sp³-hybridized carbons (Fsp3) is 0.350. The van der Waals surface area contributed by atoms with Gasteiger partial charge < -0.3 is 14.5 Å². The van der Waals surface area contributed by atoms with Crippen LogP contribution in [0.3, 0.4) is 0 Å². The fourth-order valence-corrected chi connectivity index (χ4v) is 3.14. The van der Waals surface area contributed by atoms with E-state index in [1.54, 1.807) is 0 Å². The predicted molar refractivity (Wildman–Crippen MR) is 102 cm³/mol. The highest BCUT2D eigenvalue weighted by Gasteiger charge is 2.58. The van der Waals surface area contributed by atoms with Crippen LogP contribution in [0.1, 0.15) is 12.8 Å². The van der Waals surface area contributed by atoms with Crippen molar-refractivity contribution in [1.29, 1.82) is 0 Å². The highest BCUT2D eigenvalue weighted by molar-refractivity contribution is 6.07. The van der Waals surface area contributed by atoms with Crippen LogP contribution in [0.25, 0.3) is 0 Å². The molecule has 7 nitrogen and oxygen atoms in total. The summed E-state index contributed by atoms with van der Waals surface area (Å²) in [4.78, 5) is 37.9. The van der Waals surface area contributed by atoms with Gasteiger partial charge >= 0.3 is 6.18 Å². The number of allylic oxidation sites excluding steroid dienone is 1. The highest BCUT2D eigenvalue weighted by Crippen LogP contribution is 2.50. The molecule has 1 aliphatic carbocycles. The first-order valence-corrected chi connectivity index (χ1v) is 8.98. The number of carbonyl (C=O) groups is 3. The Kier molecular flexibility index (Phi) is 5.43. The summed E-state index contributed by atoms with van der Waals surface area (Å²) in [5.41, 5.74) is -2.91. The molecule has 0 radical (unpaired) electrons. The van der Waals surface area contributed by atoms with Crippen molar-refractivity contribution in [3.8, 4) is 18.1 Å². The average molecular weight is 439 g/mol. The van der Waals surface area contributed by atoms with Crippen LogP contribution in [-0.2, 0) is 14.4 Å². The predicted octanol–water partition coefficient (Wildman–Crippen LogP) is 2.21. The van der Waals surface area contributed by atoms with E-state index in [1.807, 2.05) is 0 Å². The van der Waals surface area contributed by atoms with Crippen LogP contribution in [0, 0.1) is 18.2 Å². The zero-order chi connectivity index (χ0) is 23.1. The number of carbonyl (C=O) groups excluding carboxylic acids is 3. The van der Waals surface area contributed by atoms with Gasteiger partial charge in [-0.1, -0.05) is 5.92 Å². The summed E-state index contributed by atoms with van der Waals surface area (Å²) in [7, 11) is 1.88. The average Bonchev–Trinajstić information content (AvgIpc) is 3.47. The van der Waals surface area contributed by atoms with Crippen LogP contribution in [-0.4, -0.2) is 55.5 Å². The van der Waals surface area contributed by atoms with Crippen molar-refractivity contribution in [2.75, 3.05) is 30.4 Å². The number of anilines is 2. The summed E-state index contributed by atoms with van der Waals surface area (Å²) in [6, 6.07) is 2.06. The summed E-state index contributed by atoms with van der Waals surface area (Å²) >= 11 is 0. The Labute approximate surface area is 174 Å². The maximum Gasteiger partial charge on any atom is 0.431 e. The quantitative estimate of drug-likeness (QED) is 0.305. The van der Waals surface area contributed by atoms with Gasteiger partial charge in [-0.05, 0) is 6.07 Å². The van der Waals surface area contributed by atoms with Crippen LogP contribution >= 0.6 is 0 Å². The third-order valence-electron chi connectivity index (χ3n) is 4.99. The standard InChI is InChI=1S/C20H17F4N3O4/c1-4-7-27-14-9-13(12(21)8-15(14)31-19(5-6-19)18(27)30)26(3)17(29)10-16(20(22,23)24)25(2)11-28/h1,8-11H,5-7H2,2-3H3/b16-10-. The Bertz CT molecular complexity index is 1020. The molecule has 1 saturated carbocycles. The molecule has 164 valence electrons. The van der Waals surface area contributed by atoms with Crippen LogP contribution in [0.15, 0.2) is 23.9 Å². The molecular weight excluding hydrogens is 422 g/mol. The van der Waals surface area contributed by atoms with Gasteiger partial charge in [0.1, 0.15) is 11.4 Å². The molecule has 1 heterocycles. The molecule has 0 unspecified atom stereocenters. The van der Waals surface area contributed by atoms with Gasteiger partial charge in [0.05, 0.1) is 17.9 Å².